The second-order valence-electron chi connectivity index (χ2n) is 5.10. The summed E-state index contributed by atoms with van der Waals surface area (Å²) < 4.78 is 5.26. The molecule has 1 fully saturated rings. The van der Waals surface area contributed by atoms with Crippen LogP contribution in [-0.4, -0.2) is 49.4 Å². The van der Waals surface area contributed by atoms with E-state index in [9.17, 15) is 4.79 Å². The largest absolute Gasteiger partial charge is 0.378 e. The lowest BCUT2D eigenvalue weighted by atomic mass is 10.1. The van der Waals surface area contributed by atoms with Crippen molar-refractivity contribution >= 4 is 17.7 Å². The Kier molecular flexibility index (Phi) is 6.54. The first-order chi connectivity index (χ1) is 10.2. The fourth-order valence-corrected chi connectivity index (χ4v) is 2.96. The Morgan fingerprint density at radius 3 is 2.62 bits per heavy atom. The summed E-state index contributed by atoms with van der Waals surface area (Å²) in [4.78, 5) is 15.2. The Bertz CT molecular complexity index is 444. The van der Waals surface area contributed by atoms with Gasteiger partial charge in [0.1, 0.15) is 0 Å². The predicted molar refractivity (Wildman–Crippen MR) is 86.7 cm³/mol. The Morgan fingerprint density at radius 1 is 1.33 bits per heavy atom. The number of rotatable bonds is 6. The molecule has 1 aromatic rings. The maximum Gasteiger partial charge on any atom is 0.236 e. The second-order valence-corrected chi connectivity index (χ2v) is 6.44. The summed E-state index contributed by atoms with van der Waals surface area (Å²) in [5.74, 6) is 1.24. The van der Waals surface area contributed by atoms with Crippen molar-refractivity contribution in [1.29, 1.82) is 0 Å². The molecular formula is C16H24N2O2S. The van der Waals surface area contributed by atoms with Crippen molar-refractivity contribution in [1.82, 2.24) is 10.2 Å². The van der Waals surface area contributed by atoms with Crippen molar-refractivity contribution < 1.29 is 9.53 Å². The molecule has 5 heteroatoms. The zero-order valence-electron chi connectivity index (χ0n) is 12.8. The maximum atomic E-state index is 12.1. The molecule has 1 aliphatic heterocycles. The van der Waals surface area contributed by atoms with Crippen molar-refractivity contribution in [3.63, 3.8) is 0 Å². The van der Waals surface area contributed by atoms with Crippen molar-refractivity contribution in [2.45, 2.75) is 24.8 Å². The van der Waals surface area contributed by atoms with E-state index in [1.807, 2.05) is 16.7 Å². The summed E-state index contributed by atoms with van der Waals surface area (Å²) in [6.07, 6.45) is 0. The number of nitrogens with zero attached hydrogens (tertiary/aromatic N) is 1. The minimum Gasteiger partial charge on any atom is -0.378 e. The van der Waals surface area contributed by atoms with Crippen molar-refractivity contribution in [3.8, 4) is 0 Å². The van der Waals surface area contributed by atoms with Crippen LogP contribution in [0.3, 0.4) is 0 Å². The fraction of sp³-hybridized carbons (Fsp3) is 0.562. The van der Waals surface area contributed by atoms with E-state index < -0.39 is 0 Å². The van der Waals surface area contributed by atoms with Crippen LogP contribution in [0, 0.1) is 0 Å². The zero-order valence-corrected chi connectivity index (χ0v) is 13.6. The predicted octanol–water partition coefficient (Wildman–Crippen LogP) is 2.31. The molecule has 0 unspecified atom stereocenters. The number of thioether (sulfide) groups is 1. The minimum atomic E-state index is 0.156. The number of morpholine rings is 1. The number of amides is 1. The fourth-order valence-electron chi connectivity index (χ4n) is 2.30. The molecule has 0 radical (unpaired) electrons. The van der Waals surface area contributed by atoms with Crippen LogP contribution in [0.5, 0.6) is 0 Å². The lowest BCUT2D eigenvalue weighted by Crippen LogP contribution is -2.45. The number of nitrogens with one attached hydrogen (secondary N) is 1. The number of hydrogen-bond acceptors (Lipinski definition) is 4. The molecule has 0 aliphatic carbocycles. The van der Waals surface area contributed by atoms with Gasteiger partial charge in [0.05, 0.1) is 19.8 Å². The third-order valence-corrected chi connectivity index (χ3v) is 4.51. The van der Waals surface area contributed by atoms with Crippen LogP contribution < -0.4 is 5.32 Å². The van der Waals surface area contributed by atoms with E-state index in [-0.39, 0.29) is 11.9 Å². The highest BCUT2D eigenvalue weighted by molar-refractivity contribution is 7.99. The lowest BCUT2D eigenvalue weighted by Gasteiger charge is -2.27. The molecule has 1 atom stereocenters. The molecule has 0 aromatic heterocycles. The Morgan fingerprint density at radius 2 is 2.00 bits per heavy atom. The maximum absolute atomic E-state index is 12.1. The summed E-state index contributed by atoms with van der Waals surface area (Å²) in [6.45, 7) is 7.34. The van der Waals surface area contributed by atoms with Gasteiger partial charge in [-0.2, -0.15) is 0 Å². The van der Waals surface area contributed by atoms with Crippen LogP contribution in [0.25, 0.3) is 0 Å². The third-order valence-electron chi connectivity index (χ3n) is 3.61. The number of carbonyl (C=O) groups excluding carboxylic acids is 1. The van der Waals surface area contributed by atoms with Crippen molar-refractivity contribution in [2.75, 3.05) is 38.6 Å². The quantitative estimate of drug-likeness (QED) is 0.819. The molecule has 116 valence electrons. The molecule has 1 aliphatic rings. The number of carbonyl (C=O) groups is 1. The van der Waals surface area contributed by atoms with E-state index >= 15 is 0 Å². The first-order valence-electron chi connectivity index (χ1n) is 7.52. The molecule has 1 N–H and O–H groups in total. The van der Waals surface area contributed by atoms with E-state index in [4.69, 9.17) is 4.74 Å². The minimum absolute atomic E-state index is 0.156. The highest BCUT2D eigenvalue weighted by atomic mass is 32.2. The van der Waals surface area contributed by atoms with Gasteiger partial charge >= 0.3 is 0 Å². The second kappa shape index (κ2) is 8.41. The van der Waals surface area contributed by atoms with Crippen LogP contribution in [0.15, 0.2) is 29.2 Å². The molecule has 1 amide bonds. The zero-order chi connectivity index (χ0) is 15.1. The molecule has 0 spiro atoms. The van der Waals surface area contributed by atoms with Gasteiger partial charge in [0.15, 0.2) is 0 Å². The summed E-state index contributed by atoms with van der Waals surface area (Å²) in [6, 6.07) is 8.73. The van der Waals surface area contributed by atoms with Crippen molar-refractivity contribution in [2.24, 2.45) is 0 Å². The highest BCUT2D eigenvalue weighted by Crippen LogP contribution is 2.20. The molecule has 1 aromatic carbocycles. The number of hydrogen-bond donors (Lipinski definition) is 1. The Hall–Kier alpha value is -1.04. The first-order valence-corrected chi connectivity index (χ1v) is 8.51. The molecular weight excluding hydrogens is 284 g/mol. The summed E-state index contributed by atoms with van der Waals surface area (Å²) in [5.41, 5.74) is 1.21. The van der Waals surface area contributed by atoms with Gasteiger partial charge in [-0.3, -0.25) is 4.79 Å². The van der Waals surface area contributed by atoms with Gasteiger partial charge in [-0.05, 0) is 30.4 Å². The van der Waals surface area contributed by atoms with E-state index in [0.29, 0.717) is 32.8 Å². The molecule has 1 heterocycles. The van der Waals surface area contributed by atoms with Crippen LogP contribution in [0.1, 0.15) is 25.5 Å². The van der Waals surface area contributed by atoms with E-state index in [1.54, 1.807) is 0 Å². The Labute approximate surface area is 131 Å². The topological polar surface area (TPSA) is 41.6 Å². The highest BCUT2D eigenvalue weighted by Gasteiger charge is 2.17. The number of benzene rings is 1. The molecule has 21 heavy (non-hydrogen) atoms. The lowest BCUT2D eigenvalue weighted by molar-refractivity contribution is -0.134. The van der Waals surface area contributed by atoms with Gasteiger partial charge < -0.3 is 15.0 Å². The van der Waals surface area contributed by atoms with E-state index in [0.717, 1.165) is 5.75 Å². The Balaban J connectivity index is 1.80. The van der Waals surface area contributed by atoms with Crippen LogP contribution in [0.2, 0.25) is 0 Å². The monoisotopic (exact) mass is 308 g/mol. The van der Waals surface area contributed by atoms with E-state index in [1.165, 1.54) is 10.5 Å². The third kappa shape index (κ3) is 5.02. The van der Waals surface area contributed by atoms with Gasteiger partial charge in [0.2, 0.25) is 5.91 Å². The normalized spacial score (nSPS) is 16.8. The molecule has 4 nitrogen and oxygen atoms in total. The summed E-state index contributed by atoms with van der Waals surface area (Å²) in [5, 5.41) is 3.31. The molecule has 1 saturated heterocycles. The van der Waals surface area contributed by atoms with Gasteiger partial charge in [0, 0.05) is 24.0 Å². The van der Waals surface area contributed by atoms with Gasteiger partial charge in [-0.25, -0.2) is 0 Å². The average Bonchev–Trinajstić information content (AvgIpc) is 2.54. The van der Waals surface area contributed by atoms with Crippen LogP contribution in [0.4, 0.5) is 0 Å². The van der Waals surface area contributed by atoms with Gasteiger partial charge in [-0.15, -0.1) is 11.8 Å². The van der Waals surface area contributed by atoms with Gasteiger partial charge in [0.25, 0.3) is 0 Å². The summed E-state index contributed by atoms with van der Waals surface area (Å²) in [7, 11) is 0. The van der Waals surface area contributed by atoms with Crippen LogP contribution in [-0.2, 0) is 9.53 Å². The SMILES string of the molecule is CCSc1ccc([C@@H](C)NCC(=O)N2CCOCC2)cc1. The average molecular weight is 308 g/mol. The van der Waals surface area contributed by atoms with Crippen molar-refractivity contribution in [3.05, 3.63) is 29.8 Å². The van der Waals surface area contributed by atoms with E-state index in [2.05, 4.69) is 43.4 Å². The van der Waals surface area contributed by atoms with Gasteiger partial charge in [-0.1, -0.05) is 19.1 Å². The number of ether oxygens (including phenoxy) is 1. The summed E-state index contributed by atoms with van der Waals surface area (Å²) >= 11 is 1.84. The first kappa shape index (κ1) is 16.3. The standard InChI is InChI=1S/C16H24N2O2S/c1-3-21-15-6-4-14(5-7-15)13(2)17-12-16(19)18-8-10-20-11-9-18/h4-7,13,17H,3,8-12H2,1-2H3/t13-/m1/s1. The molecule has 2 rings (SSSR count). The molecule has 0 saturated carbocycles. The smallest absolute Gasteiger partial charge is 0.236 e. The molecule has 0 bridgehead atoms. The van der Waals surface area contributed by atoms with Crippen LogP contribution >= 0.6 is 11.8 Å².